The van der Waals surface area contributed by atoms with Crippen LogP contribution in [-0.2, 0) is 4.74 Å². The summed E-state index contributed by atoms with van der Waals surface area (Å²) < 4.78 is 5.61. The maximum absolute atomic E-state index is 5.84. The fraction of sp³-hybridized carbons (Fsp3) is 0.600. The maximum atomic E-state index is 5.84. The smallest absolute Gasteiger partial charge is 0.0588 e. The minimum Gasteiger partial charge on any atom is -0.378 e. The predicted octanol–water partition coefficient (Wildman–Crippen LogP) is 1.89. The Morgan fingerprint density at radius 1 is 1.33 bits per heavy atom. The first kappa shape index (κ1) is 13.5. The lowest BCUT2D eigenvalue weighted by atomic mass is 9.99. The van der Waals surface area contributed by atoms with Gasteiger partial charge in [-0.05, 0) is 31.4 Å². The molecule has 0 aromatic heterocycles. The number of hydrogen-bond donors (Lipinski definition) is 2. The number of hydrogen-bond acceptors (Lipinski definition) is 3. The molecule has 1 aromatic carbocycles. The van der Waals surface area contributed by atoms with Gasteiger partial charge in [0.1, 0.15) is 0 Å². The number of benzene rings is 1. The van der Waals surface area contributed by atoms with Gasteiger partial charge >= 0.3 is 0 Å². The standard InChI is InChI=1S/C15H24N2O/c16-11-14(13-5-2-1-3-6-13)12-17-9-8-15-7-4-10-18-15/h1-3,5-6,14-15,17H,4,7-12,16H2. The van der Waals surface area contributed by atoms with E-state index >= 15 is 0 Å². The Kier molecular flexibility index (Phi) is 5.65. The molecule has 1 aromatic rings. The van der Waals surface area contributed by atoms with Crippen molar-refractivity contribution in [2.24, 2.45) is 5.73 Å². The van der Waals surface area contributed by atoms with E-state index in [2.05, 4.69) is 29.6 Å². The number of nitrogens with two attached hydrogens (primary N) is 1. The first-order chi connectivity index (χ1) is 8.90. The third-order valence-corrected chi connectivity index (χ3v) is 3.61. The van der Waals surface area contributed by atoms with Crippen molar-refractivity contribution in [2.75, 3.05) is 26.2 Å². The normalized spacial score (nSPS) is 21.1. The molecule has 100 valence electrons. The third kappa shape index (κ3) is 4.09. The maximum Gasteiger partial charge on any atom is 0.0588 e. The monoisotopic (exact) mass is 248 g/mol. The second-order valence-corrected chi connectivity index (χ2v) is 4.97. The summed E-state index contributed by atoms with van der Waals surface area (Å²) in [5, 5.41) is 3.50. The molecule has 0 saturated carbocycles. The van der Waals surface area contributed by atoms with Gasteiger partial charge in [0.2, 0.25) is 0 Å². The largest absolute Gasteiger partial charge is 0.378 e. The van der Waals surface area contributed by atoms with Crippen LogP contribution >= 0.6 is 0 Å². The van der Waals surface area contributed by atoms with Crippen LogP contribution in [0.3, 0.4) is 0 Å². The molecule has 0 spiro atoms. The second kappa shape index (κ2) is 7.52. The number of nitrogens with one attached hydrogen (secondary N) is 1. The van der Waals surface area contributed by atoms with Gasteiger partial charge in [-0.2, -0.15) is 0 Å². The molecule has 3 N–H and O–H groups in total. The summed E-state index contributed by atoms with van der Waals surface area (Å²) >= 11 is 0. The Morgan fingerprint density at radius 3 is 2.83 bits per heavy atom. The van der Waals surface area contributed by atoms with Crippen molar-refractivity contribution in [1.82, 2.24) is 5.32 Å². The fourth-order valence-electron chi connectivity index (χ4n) is 2.47. The van der Waals surface area contributed by atoms with Crippen LogP contribution in [0.2, 0.25) is 0 Å². The summed E-state index contributed by atoms with van der Waals surface area (Å²) in [7, 11) is 0. The predicted molar refractivity (Wildman–Crippen MR) is 74.7 cm³/mol. The van der Waals surface area contributed by atoms with Gasteiger partial charge in [-0.1, -0.05) is 30.3 Å². The highest BCUT2D eigenvalue weighted by atomic mass is 16.5. The summed E-state index contributed by atoms with van der Waals surface area (Å²) in [6.45, 7) is 3.61. The molecule has 0 radical (unpaired) electrons. The molecule has 3 heteroatoms. The Bertz CT molecular complexity index is 323. The van der Waals surface area contributed by atoms with Crippen LogP contribution in [-0.4, -0.2) is 32.3 Å². The molecule has 2 atom stereocenters. The molecule has 1 aliphatic rings. The molecule has 1 aliphatic heterocycles. The highest BCUT2D eigenvalue weighted by Gasteiger charge is 2.15. The highest BCUT2D eigenvalue weighted by Crippen LogP contribution is 2.15. The van der Waals surface area contributed by atoms with Crippen molar-refractivity contribution in [1.29, 1.82) is 0 Å². The minimum absolute atomic E-state index is 0.413. The van der Waals surface area contributed by atoms with E-state index in [1.807, 2.05) is 6.07 Å². The topological polar surface area (TPSA) is 47.3 Å². The van der Waals surface area contributed by atoms with Gasteiger partial charge in [0.15, 0.2) is 0 Å². The first-order valence-corrected chi connectivity index (χ1v) is 6.97. The van der Waals surface area contributed by atoms with Crippen molar-refractivity contribution in [3.05, 3.63) is 35.9 Å². The van der Waals surface area contributed by atoms with Crippen molar-refractivity contribution < 1.29 is 4.74 Å². The Labute approximate surface area is 110 Å². The summed E-state index contributed by atoms with van der Waals surface area (Å²) in [6, 6.07) is 10.5. The van der Waals surface area contributed by atoms with Crippen LogP contribution in [0.5, 0.6) is 0 Å². The number of rotatable bonds is 7. The number of ether oxygens (including phenoxy) is 1. The molecular weight excluding hydrogens is 224 g/mol. The van der Waals surface area contributed by atoms with Crippen LogP contribution in [0.4, 0.5) is 0 Å². The molecule has 2 unspecified atom stereocenters. The summed E-state index contributed by atoms with van der Waals surface area (Å²) in [5.41, 5.74) is 7.17. The van der Waals surface area contributed by atoms with Gasteiger partial charge in [0.05, 0.1) is 6.10 Å². The van der Waals surface area contributed by atoms with Crippen LogP contribution in [0.15, 0.2) is 30.3 Å². The summed E-state index contributed by atoms with van der Waals surface area (Å²) in [5.74, 6) is 0.413. The molecule has 3 nitrogen and oxygen atoms in total. The average Bonchev–Trinajstić information content (AvgIpc) is 2.93. The van der Waals surface area contributed by atoms with E-state index in [4.69, 9.17) is 10.5 Å². The van der Waals surface area contributed by atoms with Gasteiger partial charge in [0, 0.05) is 25.6 Å². The third-order valence-electron chi connectivity index (χ3n) is 3.61. The van der Waals surface area contributed by atoms with Crippen molar-refractivity contribution >= 4 is 0 Å². The van der Waals surface area contributed by atoms with Gasteiger partial charge < -0.3 is 15.8 Å². The molecule has 0 bridgehead atoms. The van der Waals surface area contributed by atoms with E-state index in [-0.39, 0.29) is 0 Å². The average molecular weight is 248 g/mol. The molecule has 0 amide bonds. The van der Waals surface area contributed by atoms with Gasteiger partial charge in [0.25, 0.3) is 0 Å². The molecule has 1 saturated heterocycles. The lowest BCUT2D eigenvalue weighted by Gasteiger charge is -2.17. The Balaban J connectivity index is 1.67. The fourth-order valence-corrected chi connectivity index (χ4v) is 2.47. The van der Waals surface area contributed by atoms with E-state index in [0.717, 1.165) is 26.1 Å². The van der Waals surface area contributed by atoms with E-state index in [1.54, 1.807) is 0 Å². The zero-order valence-corrected chi connectivity index (χ0v) is 11.0. The highest BCUT2D eigenvalue weighted by molar-refractivity contribution is 5.20. The van der Waals surface area contributed by atoms with Crippen molar-refractivity contribution in [2.45, 2.75) is 31.3 Å². The molecule has 0 aliphatic carbocycles. The molecule has 2 rings (SSSR count). The van der Waals surface area contributed by atoms with Crippen LogP contribution < -0.4 is 11.1 Å². The Morgan fingerprint density at radius 2 is 2.17 bits per heavy atom. The second-order valence-electron chi connectivity index (χ2n) is 4.97. The SMILES string of the molecule is NCC(CNCCC1CCCO1)c1ccccc1. The van der Waals surface area contributed by atoms with Crippen LogP contribution in [0.25, 0.3) is 0 Å². The minimum atomic E-state index is 0.413. The molecular formula is C15H24N2O. The quantitative estimate of drug-likeness (QED) is 0.724. The first-order valence-electron chi connectivity index (χ1n) is 6.97. The van der Waals surface area contributed by atoms with Crippen molar-refractivity contribution in [3.8, 4) is 0 Å². The van der Waals surface area contributed by atoms with Crippen LogP contribution in [0, 0.1) is 0 Å². The van der Waals surface area contributed by atoms with Crippen molar-refractivity contribution in [3.63, 3.8) is 0 Å². The van der Waals surface area contributed by atoms with E-state index in [9.17, 15) is 0 Å². The molecule has 1 heterocycles. The molecule has 1 fully saturated rings. The lowest BCUT2D eigenvalue weighted by Crippen LogP contribution is -2.28. The zero-order valence-electron chi connectivity index (χ0n) is 11.0. The zero-order chi connectivity index (χ0) is 12.6. The summed E-state index contributed by atoms with van der Waals surface area (Å²) in [4.78, 5) is 0. The van der Waals surface area contributed by atoms with Gasteiger partial charge in [-0.15, -0.1) is 0 Å². The van der Waals surface area contributed by atoms with E-state index < -0.39 is 0 Å². The Hall–Kier alpha value is -0.900. The summed E-state index contributed by atoms with van der Waals surface area (Å²) in [6.07, 6.45) is 4.04. The van der Waals surface area contributed by atoms with Crippen LogP contribution in [0.1, 0.15) is 30.7 Å². The lowest BCUT2D eigenvalue weighted by molar-refractivity contribution is 0.104. The molecule has 18 heavy (non-hydrogen) atoms. The van der Waals surface area contributed by atoms with E-state index in [0.29, 0.717) is 18.6 Å². The van der Waals surface area contributed by atoms with Gasteiger partial charge in [-0.3, -0.25) is 0 Å². The van der Waals surface area contributed by atoms with Gasteiger partial charge in [-0.25, -0.2) is 0 Å². The van der Waals surface area contributed by atoms with E-state index in [1.165, 1.54) is 18.4 Å².